The first kappa shape index (κ1) is 18.6. The lowest BCUT2D eigenvalue weighted by molar-refractivity contribution is -0.121. The Hall–Kier alpha value is -1.17. The van der Waals surface area contributed by atoms with Crippen LogP contribution in [-0.4, -0.2) is 23.9 Å². The fraction of sp³-hybridized carbons (Fsp3) is 0.350. The van der Waals surface area contributed by atoms with Crippen LogP contribution in [0.2, 0.25) is 0 Å². The Morgan fingerprint density at radius 2 is 1.80 bits per heavy atom. The molecule has 0 aromatic heterocycles. The quantitative estimate of drug-likeness (QED) is 0.658. The van der Waals surface area contributed by atoms with Crippen LogP contribution in [0, 0.1) is 12.8 Å². The maximum absolute atomic E-state index is 12.5. The van der Waals surface area contributed by atoms with Crippen LogP contribution in [0.3, 0.4) is 0 Å². The van der Waals surface area contributed by atoms with Crippen LogP contribution in [0.15, 0.2) is 51.4 Å². The second kappa shape index (κ2) is 8.47. The summed E-state index contributed by atoms with van der Waals surface area (Å²) in [5.74, 6) is 0.245. The van der Waals surface area contributed by atoms with Gasteiger partial charge in [-0.25, -0.2) is 0 Å². The lowest BCUT2D eigenvalue weighted by Gasteiger charge is -2.31. The van der Waals surface area contributed by atoms with Gasteiger partial charge in [0.1, 0.15) is 0 Å². The van der Waals surface area contributed by atoms with Gasteiger partial charge in [-0.15, -0.1) is 0 Å². The Kier molecular flexibility index (Phi) is 6.31. The summed E-state index contributed by atoms with van der Waals surface area (Å²) in [6, 6.07) is 14.4. The molecular weight excluding hydrogens is 444 g/mol. The number of halogens is 2. The normalized spacial score (nSPS) is 16.0. The van der Waals surface area contributed by atoms with Crippen LogP contribution in [0.25, 0.3) is 0 Å². The van der Waals surface area contributed by atoms with Crippen molar-refractivity contribution in [3.05, 3.63) is 62.5 Å². The van der Waals surface area contributed by atoms with Gasteiger partial charge < -0.3 is 5.32 Å². The van der Waals surface area contributed by atoms with Crippen molar-refractivity contribution < 1.29 is 4.79 Å². The number of piperidine rings is 1. The number of hydrogen-bond acceptors (Lipinski definition) is 2. The predicted molar refractivity (Wildman–Crippen MR) is 110 cm³/mol. The molecule has 0 spiro atoms. The number of carbonyl (C=O) groups excluding carboxylic acids is 1. The standard InChI is InChI=1S/C20H22Br2N2O/c1-14-12-18(6-7-19(14)22)23-20(25)16-8-10-24(11-9-16)13-15-2-4-17(21)5-3-15/h2-7,12,16H,8-11,13H2,1H3,(H,23,25). The molecule has 25 heavy (non-hydrogen) atoms. The molecule has 3 rings (SSSR count). The summed E-state index contributed by atoms with van der Waals surface area (Å²) in [7, 11) is 0. The summed E-state index contributed by atoms with van der Waals surface area (Å²) in [6.07, 6.45) is 1.83. The van der Waals surface area contributed by atoms with E-state index >= 15 is 0 Å². The van der Waals surface area contributed by atoms with Crippen molar-refractivity contribution in [2.45, 2.75) is 26.3 Å². The van der Waals surface area contributed by atoms with Crippen LogP contribution in [0.4, 0.5) is 5.69 Å². The zero-order chi connectivity index (χ0) is 17.8. The van der Waals surface area contributed by atoms with Gasteiger partial charge in [0.15, 0.2) is 0 Å². The zero-order valence-electron chi connectivity index (χ0n) is 14.3. The molecule has 1 fully saturated rings. The van der Waals surface area contributed by atoms with E-state index < -0.39 is 0 Å². The third-order valence-electron chi connectivity index (χ3n) is 4.70. The third-order valence-corrected chi connectivity index (χ3v) is 6.12. The second-order valence-corrected chi connectivity index (χ2v) is 8.40. The lowest BCUT2D eigenvalue weighted by atomic mass is 9.95. The van der Waals surface area contributed by atoms with Gasteiger partial charge in [-0.3, -0.25) is 9.69 Å². The first-order chi connectivity index (χ1) is 12.0. The predicted octanol–water partition coefficient (Wildman–Crippen LogP) is 5.37. The first-order valence-electron chi connectivity index (χ1n) is 8.55. The maximum atomic E-state index is 12.5. The van der Waals surface area contributed by atoms with E-state index in [0.717, 1.165) is 52.7 Å². The Balaban J connectivity index is 1.50. The van der Waals surface area contributed by atoms with Crippen molar-refractivity contribution in [2.24, 2.45) is 5.92 Å². The molecule has 1 N–H and O–H groups in total. The Labute approximate surface area is 166 Å². The number of benzene rings is 2. The molecule has 3 nitrogen and oxygen atoms in total. The molecule has 5 heteroatoms. The summed E-state index contributed by atoms with van der Waals surface area (Å²) < 4.78 is 2.17. The number of anilines is 1. The highest BCUT2D eigenvalue weighted by Gasteiger charge is 2.25. The Bertz CT molecular complexity index is 738. The zero-order valence-corrected chi connectivity index (χ0v) is 17.4. The Morgan fingerprint density at radius 1 is 1.12 bits per heavy atom. The number of carbonyl (C=O) groups is 1. The molecule has 1 heterocycles. The highest BCUT2D eigenvalue weighted by Crippen LogP contribution is 2.24. The molecule has 1 aliphatic heterocycles. The summed E-state index contributed by atoms with van der Waals surface area (Å²) in [4.78, 5) is 14.9. The molecule has 0 bridgehead atoms. The van der Waals surface area contributed by atoms with E-state index in [-0.39, 0.29) is 11.8 Å². The van der Waals surface area contributed by atoms with Crippen LogP contribution in [0.1, 0.15) is 24.0 Å². The largest absolute Gasteiger partial charge is 0.326 e. The number of hydrogen-bond donors (Lipinski definition) is 1. The molecule has 1 aliphatic rings. The smallest absolute Gasteiger partial charge is 0.227 e. The fourth-order valence-electron chi connectivity index (χ4n) is 3.17. The van der Waals surface area contributed by atoms with E-state index in [4.69, 9.17) is 0 Å². The van der Waals surface area contributed by atoms with Gasteiger partial charge >= 0.3 is 0 Å². The van der Waals surface area contributed by atoms with E-state index in [0.29, 0.717) is 0 Å². The Morgan fingerprint density at radius 3 is 2.44 bits per heavy atom. The van der Waals surface area contributed by atoms with Crippen molar-refractivity contribution >= 4 is 43.5 Å². The summed E-state index contributed by atoms with van der Waals surface area (Å²) in [6.45, 7) is 4.91. The van der Waals surface area contributed by atoms with E-state index in [9.17, 15) is 4.79 Å². The van der Waals surface area contributed by atoms with Gasteiger partial charge in [0.2, 0.25) is 5.91 Å². The molecule has 0 atom stereocenters. The summed E-state index contributed by atoms with van der Waals surface area (Å²) >= 11 is 6.96. The number of likely N-dealkylation sites (tertiary alicyclic amines) is 1. The van der Waals surface area contributed by atoms with Crippen LogP contribution < -0.4 is 5.32 Å². The van der Waals surface area contributed by atoms with Crippen LogP contribution in [-0.2, 0) is 11.3 Å². The molecule has 0 radical (unpaired) electrons. The van der Waals surface area contributed by atoms with Crippen molar-refractivity contribution in [1.82, 2.24) is 4.90 Å². The SMILES string of the molecule is Cc1cc(NC(=O)C2CCN(Cc3ccc(Br)cc3)CC2)ccc1Br. The maximum Gasteiger partial charge on any atom is 0.227 e. The molecule has 1 amide bonds. The number of rotatable bonds is 4. The minimum atomic E-state index is 0.102. The minimum absolute atomic E-state index is 0.102. The van der Waals surface area contributed by atoms with Gasteiger partial charge in [0.05, 0.1) is 0 Å². The van der Waals surface area contributed by atoms with Crippen molar-refractivity contribution in [2.75, 3.05) is 18.4 Å². The van der Waals surface area contributed by atoms with Crippen molar-refractivity contribution in [3.8, 4) is 0 Å². The molecule has 1 saturated heterocycles. The minimum Gasteiger partial charge on any atom is -0.326 e. The van der Waals surface area contributed by atoms with E-state index in [1.165, 1.54) is 5.56 Å². The van der Waals surface area contributed by atoms with Gasteiger partial charge in [-0.05, 0) is 74.3 Å². The molecule has 2 aromatic carbocycles. The molecular formula is C20H22Br2N2O. The van der Waals surface area contributed by atoms with Crippen molar-refractivity contribution in [1.29, 1.82) is 0 Å². The van der Waals surface area contributed by atoms with E-state index in [2.05, 4.69) is 66.3 Å². The van der Waals surface area contributed by atoms with E-state index in [1.807, 2.05) is 25.1 Å². The molecule has 132 valence electrons. The van der Waals surface area contributed by atoms with Gasteiger partial charge in [-0.1, -0.05) is 44.0 Å². The topological polar surface area (TPSA) is 32.3 Å². The monoisotopic (exact) mass is 464 g/mol. The van der Waals surface area contributed by atoms with Gasteiger partial charge in [0.25, 0.3) is 0 Å². The number of nitrogens with one attached hydrogen (secondary N) is 1. The molecule has 0 aliphatic carbocycles. The molecule has 0 unspecified atom stereocenters. The van der Waals surface area contributed by atoms with Gasteiger partial charge in [0, 0.05) is 27.1 Å². The van der Waals surface area contributed by atoms with Crippen LogP contribution in [0.5, 0.6) is 0 Å². The molecule has 0 saturated carbocycles. The fourth-order valence-corrected chi connectivity index (χ4v) is 3.68. The van der Waals surface area contributed by atoms with Crippen LogP contribution >= 0.6 is 31.9 Å². The highest BCUT2D eigenvalue weighted by atomic mass is 79.9. The van der Waals surface area contributed by atoms with E-state index in [1.54, 1.807) is 0 Å². The lowest BCUT2D eigenvalue weighted by Crippen LogP contribution is -2.37. The second-order valence-electron chi connectivity index (χ2n) is 6.63. The number of amides is 1. The highest BCUT2D eigenvalue weighted by molar-refractivity contribution is 9.10. The molecule has 2 aromatic rings. The first-order valence-corrected chi connectivity index (χ1v) is 10.1. The third kappa shape index (κ3) is 5.16. The average Bonchev–Trinajstić information content (AvgIpc) is 2.61. The number of nitrogens with zero attached hydrogens (tertiary/aromatic N) is 1. The van der Waals surface area contributed by atoms with Gasteiger partial charge in [-0.2, -0.15) is 0 Å². The summed E-state index contributed by atoms with van der Waals surface area (Å²) in [5, 5.41) is 3.07. The summed E-state index contributed by atoms with van der Waals surface area (Å²) in [5.41, 5.74) is 3.32. The average molecular weight is 466 g/mol. The van der Waals surface area contributed by atoms with Crippen molar-refractivity contribution in [3.63, 3.8) is 0 Å². The number of aryl methyl sites for hydroxylation is 1.